The molecule has 0 saturated carbocycles. The van der Waals surface area contributed by atoms with Gasteiger partial charge in [-0.25, -0.2) is 4.79 Å². The van der Waals surface area contributed by atoms with E-state index in [9.17, 15) is 30.0 Å². The Morgan fingerprint density at radius 3 is 2.27 bits per heavy atom. The molecule has 0 aromatic heterocycles. The van der Waals surface area contributed by atoms with Crippen molar-refractivity contribution in [2.24, 2.45) is 0 Å². The maximum absolute atomic E-state index is 11.9. The van der Waals surface area contributed by atoms with Gasteiger partial charge in [-0.15, -0.1) is 0 Å². The average molecular weight is 358 g/mol. The van der Waals surface area contributed by atoms with Crippen LogP contribution in [0.25, 0.3) is 6.08 Å². The molecule has 2 aromatic rings. The van der Waals surface area contributed by atoms with Gasteiger partial charge in [0.15, 0.2) is 23.0 Å². The molecular formula is C18H14O8. The van der Waals surface area contributed by atoms with Crippen molar-refractivity contribution in [1.82, 2.24) is 0 Å². The number of fused-ring (bicyclic) bond motifs is 1. The van der Waals surface area contributed by atoms with Crippen LogP contribution in [-0.2, 0) is 9.59 Å². The molecule has 5 N–H and O–H groups in total. The summed E-state index contributed by atoms with van der Waals surface area (Å²) in [5.41, 5.74) is 0.683. The summed E-state index contributed by atoms with van der Waals surface area (Å²) in [6, 6.07) is 6.43. The summed E-state index contributed by atoms with van der Waals surface area (Å²) in [5, 5.41) is 47.7. The number of hydrogen-bond donors (Lipinski definition) is 5. The van der Waals surface area contributed by atoms with Crippen molar-refractivity contribution in [2.75, 3.05) is 0 Å². The maximum atomic E-state index is 11.9. The van der Waals surface area contributed by atoms with E-state index in [1.54, 1.807) is 0 Å². The van der Waals surface area contributed by atoms with Gasteiger partial charge >= 0.3 is 11.9 Å². The van der Waals surface area contributed by atoms with Gasteiger partial charge in [-0.2, -0.15) is 0 Å². The molecule has 3 rings (SSSR count). The van der Waals surface area contributed by atoms with E-state index in [0.717, 1.165) is 6.08 Å². The van der Waals surface area contributed by atoms with Crippen LogP contribution in [0, 0.1) is 0 Å². The monoisotopic (exact) mass is 358 g/mol. The van der Waals surface area contributed by atoms with Crippen LogP contribution < -0.4 is 4.74 Å². The Kier molecular flexibility index (Phi) is 4.17. The highest BCUT2D eigenvalue weighted by Gasteiger charge is 2.43. The summed E-state index contributed by atoms with van der Waals surface area (Å²) in [6.45, 7) is 0. The first-order valence-electron chi connectivity index (χ1n) is 7.47. The van der Waals surface area contributed by atoms with Gasteiger partial charge in [-0.3, -0.25) is 4.79 Å². The molecule has 0 spiro atoms. The number of phenolic OH excluding ortho intramolecular Hbond substituents is 3. The van der Waals surface area contributed by atoms with Crippen molar-refractivity contribution in [3.8, 4) is 23.0 Å². The third-order valence-corrected chi connectivity index (χ3v) is 4.07. The number of aromatic hydroxyl groups is 3. The Labute approximate surface area is 146 Å². The van der Waals surface area contributed by atoms with Crippen molar-refractivity contribution in [1.29, 1.82) is 0 Å². The van der Waals surface area contributed by atoms with Gasteiger partial charge in [-0.05, 0) is 35.4 Å². The number of carboxylic acids is 2. The van der Waals surface area contributed by atoms with Gasteiger partial charge in [0.2, 0.25) is 0 Å². The number of carbonyl (C=O) groups is 2. The van der Waals surface area contributed by atoms with Gasteiger partial charge in [0.05, 0.1) is 0 Å². The highest BCUT2D eigenvalue weighted by atomic mass is 16.5. The van der Waals surface area contributed by atoms with E-state index >= 15 is 0 Å². The Hall–Kier alpha value is -3.68. The first-order chi connectivity index (χ1) is 12.3. The molecule has 1 aliphatic heterocycles. The zero-order chi connectivity index (χ0) is 19.0. The Morgan fingerprint density at radius 1 is 0.962 bits per heavy atom. The molecule has 1 unspecified atom stereocenters. The Morgan fingerprint density at radius 2 is 1.65 bits per heavy atom. The van der Waals surface area contributed by atoms with Crippen LogP contribution in [-0.4, -0.2) is 37.5 Å². The highest BCUT2D eigenvalue weighted by Crippen LogP contribution is 2.52. The van der Waals surface area contributed by atoms with Gasteiger partial charge < -0.3 is 30.3 Å². The predicted molar refractivity (Wildman–Crippen MR) is 88.3 cm³/mol. The second-order valence-electron chi connectivity index (χ2n) is 5.69. The number of phenols is 3. The molecule has 26 heavy (non-hydrogen) atoms. The van der Waals surface area contributed by atoms with Crippen LogP contribution in [0.5, 0.6) is 23.0 Å². The van der Waals surface area contributed by atoms with Crippen molar-refractivity contribution in [3.05, 3.63) is 53.1 Å². The summed E-state index contributed by atoms with van der Waals surface area (Å²) in [4.78, 5) is 22.7. The van der Waals surface area contributed by atoms with Gasteiger partial charge in [0, 0.05) is 11.6 Å². The highest BCUT2D eigenvalue weighted by molar-refractivity contribution is 5.88. The molecule has 0 fully saturated rings. The quantitative estimate of drug-likeness (QED) is 0.413. The van der Waals surface area contributed by atoms with Gasteiger partial charge in [-0.1, -0.05) is 12.1 Å². The fourth-order valence-corrected chi connectivity index (χ4v) is 2.93. The fraction of sp³-hybridized carbons (Fsp3) is 0.111. The van der Waals surface area contributed by atoms with Crippen LogP contribution in [0.3, 0.4) is 0 Å². The molecule has 1 aliphatic rings. The molecule has 8 heteroatoms. The summed E-state index contributed by atoms with van der Waals surface area (Å²) < 4.78 is 5.64. The molecule has 2 atom stereocenters. The molecule has 0 amide bonds. The lowest BCUT2D eigenvalue weighted by molar-refractivity contribution is -0.140. The number of aliphatic carboxylic acids is 2. The summed E-state index contributed by atoms with van der Waals surface area (Å²) >= 11 is 0. The largest absolute Gasteiger partial charge is 0.504 e. The maximum Gasteiger partial charge on any atom is 0.328 e. The minimum absolute atomic E-state index is 0.0671. The Balaban J connectivity index is 2.15. The van der Waals surface area contributed by atoms with E-state index in [0.29, 0.717) is 0 Å². The molecule has 134 valence electrons. The lowest BCUT2D eigenvalue weighted by Crippen LogP contribution is -2.18. The molecule has 0 aliphatic carbocycles. The second kappa shape index (κ2) is 6.32. The van der Waals surface area contributed by atoms with Crippen molar-refractivity contribution in [3.63, 3.8) is 0 Å². The lowest BCUT2D eigenvalue weighted by Gasteiger charge is -2.17. The van der Waals surface area contributed by atoms with E-state index < -0.39 is 29.7 Å². The van der Waals surface area contributed by atoms with Crippen LogP contribution in [0.2, 0.25) is 0 Å². The van der Waals surface area contributed by atoms with E-state index in [1.807, 2.05) is 0 Å². The third-order valence-electron chi connectivity index (χ3n) is 4.07. The number of rotatable bonds is 4. The topological polar surface area (TPSA) is 145 Å². The fourth-order valence-electron chi connectivity index (χ4n) is 2.93. The van der Waals surface area contributed by atoms with Crippen molar-refractivity contribution < 1.29 is 39.9 Å². The van der Waals surface area contributed by atoms with Crippen molar-refractivity contribution in [2.45, 2.75) is 12.0 Å². The predicted octanol–water partition coefficient (Wildman–Crippen LogP) is 2.20. The number of ether oxygens (including phenoxy) is 1. The van der Waals surface area contributed by atoms with Crippen LogP contribution in [0.1, 0.15) is 28.7 Å². The molecule has 0 saturated heterocycles. The molecule has 0 bridgehead atoms. The van der Waals surface area contributed by atoms with Gasteiger partial charge in [0.25, 0.3) is 0 Å². The minimum atomic E-state index is -1.26. The van der Waals surface area contributed by atoms with Crippen LogP contribution >= 0.6 is 0 Å². The number of benzene rings is 2. The standard InChI is InChI=1S/C18H14O8/c19-10-4-2-9(7-12(10)21)16-15(18(24)25)14-8(3-6-13(22)23)1-5-11(20)17(14)26-16/h1-7,15-16,19-21H,(H,22,23)(H,24,25)/b6-3+/t15-,16?/m1/s1. The zero-order valence-corrected chi connectivity index (χ0v) is 13.2. The summed E-state index contributed by atoms with van der Waals surface area (Å²) in [6.07, 6.45) is 0.987. The minimum Gasteiger partial charge on any atom is -0.504 e. The SMILES string of the molecule is O=C(O)/C=C/c1ccc(O)c2c1[C@@H](C(=O)O)C(c1ccc(O)c(O)c1)O2. The lowest BCUT2D eigenvalue weighted by atomic mass is 9.88. The molecule has 2 aromatic carbocycles. The first kappa shape index (κ1) is 17.2. The second-order valence-corrected chi connectivity index (χ2v) is 5.69. The van der Waals surface area contributed by atoms with E-state index in [-0.39, 0.29) is 33.9 Å². The summed E-state index contributed by atoms with van der Waals surface area (Å²) in [5.74, 6) is -4.89. The van der Waals surface area contributed by atoms with Crippen LogP contribution in [0.15, 0.2) is 36.4 Å². The summed E-state index contributed by atoms with van der Waals surface area (Å²) in [7, 11) is 0. The molecule has 0 radical (unpaired) electrons. The third kappa shape index (κ3) is 2.88. The van der Waals surface area contributed by atoms with Gasteiger partial charge in [0.1, 0.15) is 12.0 Å². The molecule has 8 nitrogen and oxygen atoms in total. The Bertz CT molecular complexity index is 931. The van der Waals surface area contributed by atoms with Crippen LogP contribution in [0.4, 0.5) is 0 Å². The van der Waals surface area contributed by atoms with E-state index in [2.05, 4.69) is 0 Å². The van der Waals surface area contributed by atoms with E-state index in [4.69, 9.17) is 9.84 Å². The number of carboxylic acid groups (broad SMARTS) is 2. The average Bonchev–Trinajstić information content (AvgIpc) is 2.98. The normalized spacial score (nSPS) is 18.5. The molecule has 1 heterocycles. The van der Waals surface area contributed by atoms with Crippen molar-refractivity contribution >= 4 is 18.0 Å². The smallest absolute Gasteiger partial charge is 0.328 e. The zero-order valence-electron chi connectivity index (χ0n) is 13.2. The van der Waals surface area contributed by atoms with E-state index in [1.165, 1.54) is 36.4 Å². The number of hydrogen-bond acceptors (Lipinski definition) is 6. The molecular weight excluding hydrogens is 344 g/mol. The first-order valence-corrected chi connectivity index (χ1v) is 7.47.